The van der Waals surface area contributed by atoms with E-state index in [-0.39, 0.29) is 44.0 Å². The summed E-state index contributed by atoms with van der Waals surface area (Å²) in [6.07, 6.45) is 15.5. The zero-order chi connectivity index (χ0) is 37.2. The first-order chi connectivity index (χ1) is 25.2. The second-order valence-corrected chi connectivity index (χ2v) is 14.7. The van der Waals surface area contributed by atoms with Crippen LogP contribution in [0.25, 0.3) is 5.52 Å². The molecule has 0 saturated carbocycles. The Balaban J connectivity index is 1.23. The van der Waals surface area contributed by atoms with Gasteiger partial charge >= 0.3 is 7.82 Å². The smallest absolute Gasteiger partial charge is 0.382 e. The monoisotopic (exact) mass is 742 g/mol. The number of rotatable bonds is 25. The largest absolute Gasteiger partial charge is 0.474 e. The molecule has 0 radical (unpaired) electrons. The molecular weight excluding hydrogens is 690 g/mol. The third-order valence-corrected chi connectivity index (χ3v) is 10.1. The number of ether oxygens (including phenoxy) is 3. The number of benzene rings is 1. The van der Waals surface area contributed by atoms with Gasteiger partial charge in [-0.3, -0.25) is 9.05 Å². The highest BCUT2D eigenvalue weighted by Gasteiger charge is 2.47. The maximum Gasteiger partial charge on any atom is 0.474 e. The van der Waals surface area contributed by atoms with Gasteiger partial charge in [0.2, 0.25) is 0 Å². The van der Waals surface area contributed by atoms with Gasteiger partial charge in [-0.05, 0) is 42.3 Å². The molecule has 1 saturated heterocycles. The maximum atomic E-state index is 14.0. The first-order valence-electron chi connectivity index (χ1n) is 18.4. The Labute approximate surface area is 305 Å². The third kappa shape index (κ3) is 12.9. The van der Waals surface area contributed by atoms with Gasteiger partial charge in [-0.1, -0.05) is 84.0 Å². The van der Waals surface area contributed by atoms with Gasteiger partial charge in [0, 0.05) is 19.4 Å². The molecule has 2 aromatic heterocycles. The van der Waals surface area contributed by atoms with Gasteiger partial charge in [-0.2, -0.15) is 15.6 Å². The Morgan fingerprint density at radius 3 is 2.42 bits per heavy atom. The highest BCUT2D eigenvalue weighted by atomic mass is 31.2. The van der Waals surface area contributed by atoms with Gasteiger partial charge in [0.15, 0.2) is 17.7 Å². The van der Waals surface area contributed by atoms with Crippen molar-refractivity contribution in [3.8, 4) is 12.1 Å². The van der Waals surface area contributed by atoms with E-state index in [1.807, 2.05) is 6.07 Å². The number of phosphoric acid groups is 1. The Bertz CT molecular complexity index is 1680. The Morgan fingerprint density at radius 1 is 1.06 bits per heavy atom. The van der Waals surface area contributed by atoms with Crippen LogP contribution in [0.5, 0.6) is 0 Å². The highest BCUT2D eigenvalue weighted by Crippen LogP contribution is 2.50. The van der Waals surface area contributed by atoms with Crippen LogP contribution in [0.1, 0.15) is 120 Å². The van der Waals surface area contributed by atoms with Crippen molar-refractivity contribution in [2.75, 3.05) is 25.6 Å². The van der Waals surface area contributed by atoms with E-state index in [4.69, 9.17) is 29.0 Å². The van der Waals surface area contributed by atoms with E-state index >= 15 is 0 Å². The standard InChI is InChI=1S/C37H52FN6O7P/c1-2-3-4-5-6-7-8-9-10-11-12-13-14-19-47-25-32(48-24-30-20-29(23-39)21-31(38)22-30)26-49-52(45,46)51-35-17-18-37(27-40,50-35)34-16-15-33-36(41)42-28-43-44(33)34/h15-16,20-22,28,32,35H,2-14,17-19,24-26H2,1H3,(H,45,46)(H2,41,42,43)/t32-,35-,37+/m1/s1. The fraction of sp³-hybridized carbons (Fsp3) is 0.622. The van der Waals surface area contributed by atoms with Crippen LogP contribution >= 0.6 is 7.82 Å². The molecule has 0 bridgehead atoms. The minimum atomic E-state index is -4.71. The summed E-state index contributed by atoms with van der Waals surface area (Å²) in [5.74, 6) is -0.354. The number of aromatic nitrogens is 3. The van der Waals surface area contributed by atoms with Crippen LogP contribution < -0.4 is 5.73 Å². The molecular formula is C37H52FN6O7P. The normalized spacial score (nSPS) is 19.0. The van der Waals surface area contributed by atoms with Crippen molar-refractivity contribution < 1.29 is 37.1 Å². The molecule has 1 aliphatic heterocycles. The lowest BCUT2D eigenvalue weighted by Crippen LogP contribution is -2.28. The zero-order valence-corrected chi connectivity index (χ0v) is 31.0. The lowest BCUT2D eigenvalue weighted by molar-refractivity contribution is -0.120. The minimum Gasteiger partial charge on any atom is -0.382 e. The molecule has 15 heteroatoms. The minimum absolute atomic E-state index is 0.0441. The van der Waals surface area contributed by atoms with E-state index in [1.54, 1.807) is 12.1 Å². The summed E-state index contributed by atoms with van der Waals surface area (Å²) in [5.41, 5.74) is 5.84. The SMILES string of the molecule is CCCCCCCCCCCCCCCOC[C@H](COP(=O)(O)O[C@@H]1CC[C@](C#N)(c2ccc3c(N)ncnn23)O1)OCc1cc(F)cc(C#N)c1. The van der Waals surface area contributed by atoms with Gasteiger partial charge < -0.3 is 24.8 Å². The van der Waals surface area contributed by atoms with Crippen molar-refractivity contribution in [1.82, 2.24) is 14.6 Å². The predicted octanol–water partition coefficient (Wildman–Crippen LogP) is 8.00. The number of halogens is 1. The summed E-state index contributed by atoms with van der Waals surface area (Å²) in [5, 5.41) is 23.5. The van der Waals surface area contributed by atoms with E-state index in [0.717, 1.165) is 25.3 Å². The molecule has 0 amide bonds. The number of unbranched alkanes of at least 4 members (excludes halogenated alkanes) is 12. The molecule has 1 fully saturated rings. The summed E-state index contributed by atoms with van der Waals surface area (Å²) < 4.78 is 56.8. The fourth-order valence-electron chi connectivity index (χ4n) is 6.27. The van der Waals surface area contributed by atoms with Crippen molar-refractivity contribution in [3.05, 3.63) is 59.3 Å². The van der Waals surface area contributed by atoms with Crippen molar-refractivity contribution in [1.29, 1.82) is 10.5 Å². The average Bonchev–Trinajstić information content (AvgIpc) is 3.76. The predicted molar refractivity (Wildman–Crippen MR) is 192 cm³/mol. The Morgan fingerprint density at radius 2 is 1.75 bits per heavy atom. The van der Waals surface area contributed by atoms with E-state index in [2.05, 4.69) is 23.1 Å². The number of nitrogen functional groups attached to an aromatic ring is 1. The van der Waals surface area contributed by atoms with Crippen LogP contribution in [0, 0.1) is 28.5 Å². The van der Waals surface area contributed by atoms with Gasteiger partial charge in [-0.15, -0.1) is 0 Å². The Hall–Kier alpha value is -3.46. The van der Waals surface area contributed by atoms with E-state index in [9.17, 15) is 24.4 Å². The number of hydrogen-bond donors (Lipinski definition) is 2. The van der Waals surface area contributed by atoms with Crippen molar-refractivity contribution in [3.63, 3.8) is 0 Å². The maximum absolute atomic E-state index is 14.0. The lowest BCUT2D eigenvalue weighted by atomic mass is 9.98. The number of fused-ring (bicyclic) bond motifs is 1. The van der Waals surface area contributed by atoms with Gasteiger partial charge in [0.25, 0.3) is 0 Å². The number of hydrogen-bond acceptors (Lipinski definition) is 11. The third-order valence-electron chi connectivity index (χ3n) is 9.08. The number of nitriles is 2. The summed E-state index contributed by atoms with van der Waals surface area (Å²) in [6.45, 7) is 2.28. The number of nitrogens with zero attached hydrogens (tertiary/aromatic N) is 5. The van der Waals surface area contributed by atoms with Crippen LogP contribution in [0.3, 0.4) is 0 Å². The zero-order valence-electron chi connectivity index (χ0n) is 30.1. The lowest BCUT2D eigenvalue weighted by Gasteiger charge is -2.23. The van der Waals surface area contributed by atoms with Gasteiger partial charge in [0.1, 0.15) is 29.8 Å². The molecule has 4 atom stereocenters. The second-order valence-electron chi connectivity index (χ2n) is 13.3. The summed E-state index contributed by atoms with van der Waals surface area (Å²) in [7, 11) is -4.71. The van der Waals surface area contributed by atoms with Crippen LogP contribution in [-0.2, 0) is 40.0 Å². The Kier molecular flexibility index (Phi) is 16.9. The van der Waals surface area contributed by atoms with Crippen molar-refractivity contribution in [2.45, 2.75) is 128 Å². The van der Waals surface area contributed by atoms with Crippen LogP contribution in [-0.4, -0.2) is 51.7 Å². The molecule has 1 aromatic carbocycles. The molecule has 3 N–H and O–H groups in total. The average molecular weight is 743 g/mol. The molecule has 13 nitrogen and oxygen atoms in total. The van der Waals surface area contributed by atoms with Crippen molar-refractivity contribution >= 4 is 19.2 Å². The van der Waals surface area contributed by atoms with Crippen LogP contribution in [0.4, 0.5) is 10.2 Å². The van der Waals surface area contributed by atoms with Crippen LogP contribution in [0.2, 0.25) is 0 Å². The molecule has 1 unspecified atom stereocenters. The van der Waals surface area contributed by atoms with E-state index in [0.29, 0.717) is 23.4 Å². The first-order valence-corrected chi connectivity index (χ1v) is 19.9. The van der Waals surface area contributed by atoms with Gasteiger partial charge in [0.05, 0.1) is 37.1 Å². The molecule has 284 valence electrons. The molecule has 1 aliphatic rings. The topological polar surface area (TPSA) is 187 Å². The molecule has 0 spiro atoms. The molecule has 0 aliphatic carbocycles. The number of nitrogens with two attached hydrogens (primary N) is 1. The summed E-state index contributed by atoms with van der Waals surface area (Å²) >= 11 is 0. The highest BCUT2D eigenvalue weighted by molar-refractivity contribution is 7.47. The van der Waals surface area contributed by atoms with E-state index in [1.165, 1.54) is 87.2 Å². The first kappa shape index (κ1) is 41.3. The molecule has 52 heavy (non-hydrogen) atoms. The quantitative estimate of drug-likeness (QED) is 0.0630. The molecule has 4 rings (SSSR count). The number of phosphoric ester groups is 1. The summed E-state index contributed by atoms with van der Waals surface area (Å²) in [6, 6.07) is 11.2. The van der Waals surface area contributed by atoms with Gasteiger partial charge in [-0.25, -0.2) is 18.5 Å². The van der Waals surface area contributed by atoms with E-state index < -0.39 is 31.6 Å². The van der Waals surface area contributed by atoms with Crippen LogP contribution in [0.15, 0.2) is 36.7 Å². The second kappa shape index (κ2) is 21.3. The fourth-order valence-corrected chi connectivity index (χ4v) is 7.13. The number of anilines is 1. The van der Waals surface area contributed by atoms with Crippen molar-refractivity contribution in [2.24, 2.45) is 0 Å². The molecule has 3 heterocycles. The summed E-state index contributed by atoms with van der Waals surface area (Å²) in [4.78, 5) is 14.6. The molecule has 3 aromatic rings.